The molecule has 0 aromatic heterocycles. The summed E-state index contributed by atoms with van der Waals surface area (Å²) in [5.41, 5.74) is 0. The van der Waals surface area contributed by atoms with E-state index in [1.54, 1.807) is 6.08 Å². The average molecular weight is 598 g/mol. The number of hydrogen-bond acceptors (Lipinski definition) is 0. The molecule has 0 saturated heterocycles. The molecular weight excluding hydrogens is 585 g/mol. The third-order valence-corrected chi connectivity index (χ3v) is 1.30. The molecule has 0 N–H and O–H groups in total. The number of allylic oxidation sites excluding steroid dienone is 2. The van der Waals surface area contributed by atoms with Crippen molar-refractivity contribution in [2.24, 2.45) is 11.8 Å². The van der Waals surface area contributed by atoms with Gasteiger partial charge in [0, 0.05) is 0 Å². The van der Waals surface area contributed by atoms with Gasteiger partial charge in [0.25, 0.3) is 0 Å². The van der Waals surface area contributed by atoms with E-state index < -0.39 is 12.1 Å². The van der Waals surface area contributed by atoms with Crippen LogP contribution in [0.25, 0.3) is 0 Å². The first-order chi connectivity index (χ1) is 6.57. The Morgan fingerprint density at radius 2 is 1.33 bits per heavy atom. The molecule has 0 aliphatic heterocycles. The fourth-order valence-electron chi connectivity index (χ4n) is 0.498. The molecule has 0 bridgehead atoms. The second-order valence-corrected chi connectivity index (χ2v) is 38.5. The zero-order chi connectivity index (χ0) is 12.6. The maximum absolute atomic E-state index is 11.8. The quantitative estimate of drug-likeness (QED) is 0.269. The second-order valence-electron chi connectivity index (χ2n) is 3.15. The first-order valence-corrected chi connectivity index (χ1v) is 17.6. The first-order valence-electron chi connectivity index (χ1n) is 4.09. The van der Waals surface area contributed by atoms with Crippen LogP contribution in [0, 0.1) is 11.8 Å². The molecule has 0 aromatic carbocycles. The number of halogens is 6. The summed E-state index contributed by atoms with van der Waals surface area (Å²) in [6.07, 6.45) is -1.33. The summed E-state index contributed by atoms with van der Waals surface area (Å²) in [5.74, 6) is -1.15. The fraction of sp³-hybridized carbons (Fsp3) is 0.750. The standard InChI is InChI=1S/C8H13F3.3HI.V/c1-6(2)4-5-7(3)8(9,10)11;;;;/h4-7H,1-3H3;3*1H;/q;;;;+3/p-3/b5-4+;;;;. The van der Waals surface area contributed by atoms with Gasteiger partial charge in [-0.1, -0.05) is 32.9 Å². The van der Waals surface area contributed by atoms with Crippen LogP contribution in [0.1, 0.15) is 20.8 Å². The van der Waals surface area contributed by atoms with Gasteiger partial charge in [0.2, 0.25) is 0 Å². The molecule has 0 spiro atoms. The summed E-state index contributed by atoms with van der Waals surface area (Å²) < 4.78 is 35.5. The van der Waals surface area contributed by atoms with Crippen molar-refractivity contribution in [2.45, 2.75) is 26.9 Å². The van der Waals surface area contributed by atoms with Gasteiger partial charge < -0.3 is 0 Å². The molecule has 1 unspecified atom stereocenters. The third kappa shape index (κ3) is 18.8. The summed E-state index contributed by atoms with van der Waals surface area (Å²) in [7, 11) is 0. The molecule has 0 rings (SSSR count). The third-order valence-electron chi connectivity index (χ3n) is 1.30. The van der Waals surface area contributed by atoms with Crippen LogP contribution in [0.4, 0.5) is 13.2 Å². The monoisotopic (exact) mass is 598 g/mol. The topological polar surface area (TPSA) is 0 Å². The van der Waals surface area contributed by atoms with Crippen LogP contribution in [0.2, 0.25) is 0 Å². The molecule has 1 atom stereocenters. The van der Waals surface area contributed by atoms with Crippen molar-refractivity contribution in [2.75, 3.05) is 0 Å². The first kappa shape index (κ1) is 19.6. The van der Waals surface area contributed by atoms with E-state index in [-0.39, 0.29) is 10.8 Å². The summed E-state index contributed by atoms with van der Waals surface area (Å²) >= 11 is 7.39. The molecule has 0 saturated carbocycles. The Hall–Kier alpha value is 2.30. The summed E-state index contributed by atoms with van der Waals surface area (Å²) in [5, 5.41) is 0. The van der Waals surface area contributed by atoms with Crippen LogP contribution in [-0.4, -0.2) is 6.18 Å². The van der Waals surface area contributed by atoms with Crippen molar-refractivity contribution in [3.8, 4) is 0 Å². The Labute approximate surface area is 127 Å². The molecule has 0 nitrogen and oxygen atoms in total. The summed E-state index contributed by atoms with van der Waals surface area (Å²) in [6.45, 7) is 4.85. The number of hydrogen-bond donors (Lipinski definition) is 0. The van der Waals surface area contributed by atoms with Crippen LogP contribution in [0.3, 0.4) is 0 Å². The van der Waals surface area contributed by atoms with Gasteiger partial charge in [-0.15, -0.1) is 0 Å². The average Bonchev–Trinajstić information content (AvgIpc) is 1.96. The van der Waals surface area contributed by atoms with E-state index in [0.29, 0.717) is 0 Å². The van der Waals surface area contributed by atoms with Crippen molar-refractivity contribution < 1.29 is 18.1 Å². The number of rotatable bonds is 2. The zero-order valence-corrected chi connectivity index (χ0v) is 16.4. The Bertz CT molecular complexity index is 178. The Balaban J connectivity index is 0. The van der Waals surface area contributed by atoms with E-state index in [1.807, 2.05) is 13.8 Å². The molecule has 0 amide bonds. The Morgan fingerprint density at radius 1 is 1.00 bits per heavy atom. The summed E-state index contributed by atoms with van der Waals surface area (Å²) in [4.78, 5) is -0.278. The maximum atomic E-state index is 11.8. The second kappa shape index (κ2) is 10.2. The number of alkyl halides is 3. The van der Waals surface area contributed by atoms with Crippen LogP contribution in [0.5, 0.6) is 0 Å². The van der Waals surface area contributed by atoms with Crippen molar-refractivity contribution in [3.05, 3.63) is 12.2 Å². The normalized spacial score (nSPS) is 14.3. The van der Waals surface area contributed by atoms with Gasteiger partial charge in [0.1, 0.15) is 0 Å². The predicted octanol–water partition coefficient (Wildman–Crippen LogP) is 6.05. The minimum atomic E-state index is -4.09. The fourth-order valence-corrected chi connectivity index (χ4v) is 0.498. The van der Waals surface area contributed by atoms with E-state index in [9.17, 15) is 13.2 Å². The van der Waals surface area contributed by atoms with Crippen molar-refractivity contribution in [1.82, 2.24) is 0 Å². The van der Waals surface area contributed by atoms with Crippen molar-refractivity contribution in [3.63, 3.8) is 0 Å². The van der Waals surface area contributed by atoms with E-state index >= 15 is 0 Å². The molecular formula is C8H13F3I3V. The Morgan fingerprint density at radius 3 is 1.53 bits per heavy atom. The Kier molecular flexibility index (Phi) is 13.4. The van der Waals surface area contributed by atoms with Crippen LogP contribution in [0.15, 0.2) is 12.2 Å². The zero-order valence-electron chi connectivity index (χ0n) is 8.52. The van der Waals surface area contributed by atoms with Crippen molar-refractivity contribution >= 4 is 59.9 Å². The van der Waals surface area contributed by atoms with Crippen LogP contribution >= 0.6 is 59.9 Å². The molecule has 0 fully saturated rings. The van der Waals surface area contributed by atoms with E-state index in [1.165, 1.54) is 6.08 Å². The van der Waals surface area contributed by atoms with Gasteiger partial charge in [0.15, 0.2) is 0 Å². The van der Waals surface area contributed by atoms with Gasteiger partial charge in [-0.2, -0.15) is 13.2 Å². The summed E-state index contributed by atoms with van der Waals surface area (Å²) in [6, 6.07) is 0. The predicted molar refractivity (Wildman–Crippen MR) is 81.3 cm³/mol. The molecule has 0 radical (unpaired) electrons. The molecule has 15 heavy (non-hydrogen) atoms. The van der Waals surface area contributed by atoms with Gasteiger partial charge in [-0.25, -0.2) is 0 Å². The van der Waals surface area contributed by atoms with Crippen molar-refractivity contribution in [1.29, 1.82) is 0 Å². The minimum absolute atomic E-state index is 0.180. The van der Waals surface area contributed by atoms with Crippen LogP contribution in [-0.2, 0) is 4.92 Å². The van der Waals surface area contributed by atoms with Gasteiger partial charge >= 0.3 is 71.0 Å². The van der Waals surface area contributed by atoms with E-state index in [4.69, 9.17) is 0 Å². The van der Waals surface area contributed by atoms with Gasteiger partial charge in [0.05, 0.1) is 5.92 Å². The van der Waals surface area contributed by atoms with E-state index in [2.05, 4.69) is 59.9 Å². The molecule has 0 aliphatic rings. The molecule has 0 aromatic rings. The molecule has 92 valence electrons. The molecule has 0 aliphatic carbocycles. The SMILES string of the molecule is CC(C)/C=C/C(C)C(F)(F)F.[I][V]([I])[I]. The van der Waals surface area contributed by atoms with Gasteiger partial charge in [-0.3, -0.25) is 0 Å². The van der Waals surface area contributed by atoms with Gasteiger partial charge in [-0.05, 0) is 5.92 Å². The molecule has 7 heteroatoms. The van der Waals surface area contributed by atoms with E-state index in [0.717, 1.165) is 6.92 Å². The van der Waals surface area contributed by atoms with Crippen LogP contribution < -0.4 is 0 Å². The molecule has 0 heterocycles.